The van der Waals surface area contributed by atoms with Crippen molar-refractivity contribution >= 4 is 28.2 Å². The minimum atomic E-state index is 0.0187. The molecule has 0 spiro atoms. The van der Waals surface area contributed by atoms with Crippen LogP contribution in [0.3, 0.4) is 0 Å². The number of anilines is 3. The Labute approximate surface area is 285 Å². The fourth-order valence-corrected chi connectivity index (χ4v) is 8.06. The van der Waals surface area contributed by atoms with E-state index in [0.29, 0.717) is 0 Å². The van der Waals surface area contributed by atoms with Crippen LogP contribution in [0.25, 0.3) is 33.4 Å². The lowest BCUT2D eigenvalue weighted by Gasteiger charge is -2.32. The first kappa shape index (κ1) is 30.0. The van der Waals surface area contributed by atoms with Gasteiger partial charge in [0.1, 0.15) is 0 Å². The largest absolute Gasteiger partial charge is 0.310 e. The van der Waals surface area contributed by atoms with E-state index in [1.165, 1.54) is 61.3 Å². The molecular weight excluding hydrogens is 579 g/mol. The van der Waals surface area contributed by atoms with Crippen LogP contribution in [0.1, 0.15) is 61.8 Å². The highest BCUT2D eigenvalue weighted by molar-refractivity contribution is 5.88. The first-order valence-corrected chi connectivity index (χ1v) is 17.4. The van der Waals surface area contributed by atoms with Gasteiger partial charge in [-0.15, -0.1) is 0 Å². The summed E-state index contributed by atoms with van der Waals surface area (Å²) in [6, 6.07) is 55.8. The first-order chi connectivity index (χ1) is 23.7. The van der Waals surface area contributed by atoms with Crippen LogP contribution in [-0.2, 0) is 5.41 Å². The van der Waals surface area contributed by atoms with Gasteiger partial charge in [0.25, 0.3) is 0 Å². The fourth-order valence-electron chi connectivity index (χ4n) is 8.06. The summed E-state index contributed by atoms with van der Waals surface area (Å²) in [6.45, 7) is 4.69. The molecule has 0 radical (unpaired) electrons. The van der Waals surface area contributed by atoms with E-state index < -0.39 is 0 Å². The highest BCUT2D eigenvalue weighted by Gasteiger charge is 2.40. The Kier molecular flexibility index (Phi) is 7.90. The van der Waals surface area contributed by atoms with Gasteiger partial charge in [0.05, 0.1) is 0 Å². The summed E-state index contributed by atoms with van der Waals surface area (Å²) in [7, 11) is 0. The fraction of sp³-hybridized carbons (Fsp3) is 0.149. The van der Waals surface area contributed by atoms with E-state index in [1.807, 2.05) is 0 Å². The minimum absolute atomic E-state index is 0.0187. The van der Waals surface area contributed by atoms with Crippen molar-refractivity contribution in [3.05, 3.63) is 186 Å². The molecule has 0 aliphatic heterocycles. The van der Waals surface area contributed by atoms with Crippen LogP contribution < -0.4 is 4.90 Å². The number of benzene rings is 6. The van der Waals surface area contributed by atoms with Gasteiger partial charge in [-0.05, 0) is 118 Å². The number of rotatable bonds is 8. The van der Waals surface area contributed by atoms with Gasteiger partial charge in [-0.25, -0.2) is 0 Å². The van der Waals surface area contributed by atoms with Crippen molar-refractivity contribution in [3.8, 4) is 22.3 Å². The Hall–Kier alpha value is -5.40. The molecular formula is C47H41N. The Morgan fingerprint density at radius 1 is 0.500 bits per heavy atom. The molecule has 0 atom stereocenters. The number of allylic oxidation sites excluding steroid dienone is 4. The molecule has 0 amide bonds. The molecule has 0 aromatic heterocycles. The van der Waals surface area contributed by atoms with Crippen molar-refractivity contribution in [2.75, 3.05) is 4.90 Å². The highest BCUT2D eigenvalue weighted by atomic mass is 15.1. The number of nitrogens with zero attached hydrogens (tertiary/aromatic N) is 1. The van der Waals surface area contributed by atoms with Crippen molar-refractivity contribution in [1.82, 2.24) is 0 Å². The maximum atomic E-state index is 2.47. The third-order valence-electron chi connectivity index (χ3n) is 10.7. The first-order valence-electron chi connectivity index (χ1n) is 17.4. The van der Waals surface area contributed by atoms with Crippen LogP contribution in [-0.4, -0.2) is 0 Å². The van der Waals surface area contributed by atoms with Crippen LogP contribution in [0.5, 0.6) is 0 Å². The van der Waals surface area contributed by atoms with Gasteiger partial charge >= 0.3 is 0 Å². The maximum absolute atomic E-state index is 2.47. The molecule has 0 saturated carbocycles. The van der Waals surface area contributed by atoms with Gasteiger partial charge in [0.2, 0.25) is 0 Å². The quantitative estimate of drug-likeness (QED) is 0.164. The van der Waals surface area contributed by atoms with Gasteiger partial charge in [0.15, 0.2) is 0 Å². The zero-order chi connectivity index (χ0) is 32.5. The number of hydrogen-bond donors (Lipinski definition) is 0. The van der Waals surface area contributed by atoms with Gasteiger partial charge in [-0.3, -0.25) is 0 Å². The summed E-state index contributed by atoms with van der Waals surface area (Å²) in [4.78, 5) is 2.43. The highest BCUT2D eigenvalue weighted by Crippen LogP contribution is 2.54. The molecule has 48 heavy (non-hydrogen) atoms. The SMILES string of the molecule is CCC1(CC)c2ccccc2-c2ccc(N(c3ccc(C4=CCCC(c5ccccc5)=C4)cc3)c3ccc(-c4ccccc4)cc3)cc21. The molecule has 0 unspecified atom stereocenters. The van der Waals surface area contributed by atoms with Crippen LogP contribution in [0.4, 0.5) is 17.1 Å². The zero-order valence-corrected chi connectivity index (χ0v) is 27.9. The van der Waals surface area contributed by atoms with Crippen LogP contribution >= 0.6 is 0 Å². The summed E-state index contributed by atoms with van der Waals surface area (Å²) >= 11 is 0. The Morgan fingerprint density at radius 3 is 1.71 bits per heavy atom. The molecule has 1 nitrogen and oxygen atoms in total. The lowest BCUT2D eigenvalue weighted by Crippen LogP contribution is -2.23. The molecule has 0 heterocycles. The average Bonchev–Trinajstić information content (AvgIpc) is 3.45. The van der Waals surface area contributed by atoms with E-state index in [2.05, 4.69) is 183 Å². The third kappa shape index (κ3) is 5.20. The number of hydrogen-bond acceptors (Lipinski definition) is 1. The minimum Gasteiger partial charge on any atom is -0.310 e. The molecule has 0 saturated heterocycles. The smallest absolute Gasteiger partial charge is 0.0465 e. The van der Waals surface area contributed by atoms with Crippen molar-refractivity contribution in [3.63, 3.8) is 0 Å². The Balaban J connectivity index is 1.21. The van der Waals surface area contributed by atoms with Gasteiger partial charge in [-0.2, -0.15) is 0 Å². The average molecular weight is 620 g/mol. The zero-order valence-electron chi connectivity index (χ0n) is 27.9. The summed E-state index contributed by atoms with van der Waals surface area (Å²) in [6.07, 6.45) is 9.05. The monoisotopic (exact) mass is 619 g/mol. The normalized spacial score (nSPS) is 14.5. The molecule has 8 rings (SSSR count). The predicted molar refractivity (Wildman–Crippen MR) is 205 cm³/mol. The van der Waals surface area contributed by atoms with E-state index in [9.17, 15) is 0 Å². The summed E-state index contributed by atoms with van der Waals surface area (Å²) < 4.78 is 0. The second-order valence-corrected chi connectivity index (χ2v) is 13.1. The van der Waals surface area contributed by atoms with E-state index in [1.54, 1.807) is 0 Å². The number of fused-ring (bicyclic) bond motifs is 3. The molecule has 2 aliphatic rings. The summed E-state index contributed by atoms with van der Waals surface area (Å²) in [5.41, 5.74) is 16.9. The van der Waals surface area contributed by atoms with E-state index in [0.717, 1.165) is 37.1 Å². The standard InChI is InChI=1S/C47H41N/c1-3-47(4-2)45-21-12-11-20-43(45)44-31-30-42(33-46(44)47)48(40-26-22-36(23-27-40)34-14-7-5-8-15-34)41-28-24-37(25-29-41)39-19-13-18-38(32-39)35-16-9-6-10-17-35/h5-12,14-17,19-33H,3-4,13,18H2,1-2H3. The molecule has 6 aromatic carbocycles. The molecule has 1 heteroatoms. The van der Waals surface area contributed by atoms with Crippen LogP contribution in [0.15, 0.2) is 164 Å². The van der Waals surface area contributed by atoms with E-state index in [4.69, 9.17) is 0 Å². The summed E-state index contributed by atoms with van der Waals surface area (Å²) in [5.74, 6) is 0. The second kappa shape index (κ2) is 12.7. The van der Waals surface area contributed by atoms with E-state index in [-0.39, 0.29) is 5.41 Å². The van der Waals surface area contributed by atoms with Crippen molar-refractivity contribution in [2.24, 2.45) is 0 Å². The van der Waals surface area contributed by atoms with Gasteiger partial charge < -0.3 is 4.90 Å². The lowest BCUT2D eigenvalue weighted by atomic mass is 9.74. The second-order valence-electron chi connectivity index (χ2n) is 13.1. The molecule has 0 bridgehead atoms. The topological polar surface area (TPSA) is 3.24 Å². The van der Waals surface area contributed by atoms with Crippen molar-refractivity contribution in [2.45, 2.75) is 44.9 Å². The maximum Gasteiger partial charge on any atom is 0.0465 e. The Morgan fingerprint density at radius 2 is 1.04 bits per heavy atom. The lowest BCUT2D eigenvalue weighted by molar-refractivity contribution is 0.490. The molecule has 6 aromatic rings. The third-order valence-corrected chi connectivity index (χ3v) is 10.7. The molecule has 0 fully saturated rings. The predicted octanol–water partition coefficient (Wildman–Crippen LogP) is 13.2. The van der Waals surface area contributed by atoms with Crippen LogP contribution in [0.2, 0.25) is 0 Å². The van der Waals surface area contributed by atoms with Crippen LogP contribution in [0, 0.1) is 0 Å². The summed E-state index contributed by atoms with van der Waals surface area (Å²) in [5, 5.41) is 0. The molecule has 234 valence electrons. The Bertz CT molecular complexity index is 2110. The van der Waals surface area contributed by atoms with Gasteiger partial charge in [-0.1, -0.05) is 141 Å². The van der Waals surface area contributed by atoms with Crippen molar-refractivity contribution in [1.29, 1.82) is 0 Å². The van der Waals surface area contributed by atoms with Crippen molar-refractivity contribution < 1.29 is 0 Å². The van der Waals surface area contributed by atoms with Gasteiger partial charge in [0, 0.05) is 22.5 Å². The molecule has 0 N–H and O–H groups in total. The molecule has 2 aliphatic carbocycles. The van der Waals surface area contributed by atoms with E-state index >= 15 is 0 Å².